The van der Waals surface area contributed by atoms with E-state index in [0.29, 0.717) is 0 Å². The van der Waals surface area contributed by atoms with Crippen molar-refractivity contribution in [1.82, 2.24) is 9.55 Å². The summed E-state index contributed by atoms with van der Waals surface area (Å²) in [5.41, 5.74) is 2.75. The van der Waals surface area contributed by atoms with Gasteiger partial charge < -0.3 is 4.57 Å². The molecule has 2 nitrogen and oxygen atoms in total. The normalized spacial score (nSPS) is 11.4. The van der Waals surface area contributed by atoms with Gasteiger partial charge in [-0.3, -0.25) is 0 Å². The molecule has 0 spiro atoms. The molecule has 0 aliphatic rings. The van der Waals surface area contributed by atoms with Crippen LogP contribution in [0.25, 0.3) is 0 Å². The summed E-state index contributed by atoms with van der Waals surface area (Å²) in [7, 11) is 0. The SMILES string of the molecule is CCCCCCCCCCCCCCCCCCCc1nc(CCCc2ccccc2)cn1CCCCC. The highest BCUT2D eigenvalue weighted by molar-refractivity contribution is 5.15. The number of nitrogens with zero attached hydrogens (tertiary/aromatic N) is 2. The average molecular weight is 523 g/mol. The van der Waals surface area contributed by atoms with Crippen LogP contribution in [0.5, 0.6) is 0 Å². The van der Waals surface area contributed by atoms with E-state index in [-0.39, 0.29) is 0 Å². The molecule has 0 amide bonds. The lowest BCUT2D eigenvalue weighted by Gasteiger charge is -2.07. The van der Waals surface area contributed by atoms with Crippen LogP contribution < -0.4 is 0 Å². The first-order valence-corrected chi connectivity index (χ1v) is 16.9. The van der Waals surface area contributed by atoms with Crippen LogP contribution >= 0.6 is 0 Å². The molecular weight excluding hydrogens is 460 g/mol. The molecular formula is C36H62N2. The molecule has 2 rings (SSSR count). The lowest BCUT2D eigenvalue weighted by molar-refractivity contribution is 0.524. The molecule has 1 heterocycles. The summed E-state index contributed by atoms with van der Waals surface area (Å²) in [5, 5.41) is 0. The number of imidazole rings is 1. The van der Waals surface area contributed by atoms with Gasteiger partial charge >= 0.3 is 0 Å². The fourth-order valence-electron chi connectivity index (χ4n) is 5.69. The Morgan fingerprint density at radius 2 is 1.00 bits per heavy atom. The van der Waals surface area contributed by atoms with Crippen molar-refractivity contribution >= 4 is 0 Å². The molecule has 0 atom stereocenters. The lowest BCUT2D eigenvalue weighted by Crippen LogP contribution is -2.03. The Morgan fingerprint density at radius 3 is 1.55 bits per heavy atom. The molecule has 2 aromatic rings. The smallest absolute Gasteiger partial charge is 0.108 e. The van der Waals surface area contributed by atoms with Crippen LogP contribution in [0.4, 0.5) is 0 Å². The highest BCUT2D eigenvalue weighted by Crippen LogP contribution is 2.16. The van der Waals surface area contributed by atoms with Crippen molar-refractivity contribution in [2.24, 2.45) is 0 Å². The lowest BCUT2D eigenvalue weighted by atomic mass is 10.0. The van der Waals surface area contributed by atoms with Gasteiger partial charge in [0.2, 0.25) is 0 Å². The average Bonchev–Trinajstić information content (AvgIpc) is 3.32. The first kappa shape index (κ1) is 32.6. The van der Waals surface area contributed by atoms with Crippen LogP contribution in [0, 0.1) is 0 Å². The maximum atomic E-state index is 5.09. The third kappa shape index (κ3) is 16.4. The summed E-state index contributed by atoms with van der Waals surface area (Å²) in [6, 6.07) is 10.9. The first-order valence-electron chi connectivity index (χ1n) is 16.9. The minimum absolute atomic E-state index is 1.10. The molecule has 0 saturated carbocycles. The summed E-state index contributed by atoms with van der Waals surface area (Å²) in [6.45, 7) is 5.74. The third-order valence-electron chi connectivity index (χ3n) is 8.16. The summed E-state index contributed by atoms with van der Waals surface area (Å²) < 4.78 is 2.49. The number of unbranched alkanes of at least 4 members (excludes halogenated alkanes) is 18. The van der Waals surface area contributed by atoms with Crippen molar-refractivity contribution in [3.05, 3.63) is 53.6 Å². The van der Waals surface area contributed by atoms with E-state index in [2.05, 4.69) is 54.9 Å². The fourth-order valence-corrected chi connectivity index (χ4v) is 5.69. The Hall–Kier alpha value is -1.57. The second kappa shape index (κ2) is 23.3. The Bertz CT molecular complexity index is 763. The van der Waals surface area contributed by atoms with E-state index in [1.807, 2.05) is 0 Å². The molecule has 38 heavy (non-hydrogen) atoms. The second-order valence-electron chi connectivity index (χ2n) is 11.8. The van der Waals surface area contributed by atoms with Crippen molar-refractivity contribution in [2.45, 2.75) is 174 Å². The Labute approximate surface area is 237 Å². The summed E-state index contributed by atoms with van der Waals surface area (Å²) in [6.07, 6.45) is 35.2. The maximum Gasteiger partial charge on any atom is 0.108 e. The van der Waals surface area contributed by atoms with E-state index in [1.165, 1.54) is 152 Å². The molecule has 0 aliphatic heterocycles. The van der Waals surface area contributed by atoms with E-state index in [4.69, 9.17) is 4.98 Å². The van der Waals surface area contributed by atoms with Crippen LogP contribution in [-0.2, 0) is 25.8 Å². The molecule has 1 aromatic carbocycles. The fraction of sp³-hybridized carbons (Fsp3) is 0.750. The van der Waals surface area contributed by atoms with Crippen molar-refractivity contribution in [1.29, 1.82) is 0 Å². The number of aryl methyl sites for hydroxylation is 4. The Balaban J connectivity index is 1.50. The standard InChI is InChI=1S/C36H62N2/c1-3-5-7-8-9-10-11-12-13-14-15-16-17-18-19-20-24-31-36-37-35(33-38(36)32-25-6-4-2)30-26-29-34-27-22-21-23-28-34/h21-23,27-28,33H,3-20,24-26,29-32H2,1-2H3. The largest absolute Gasteiger partial charge is 0.335 e. The minimum atomic E-state index is 1.10. The summed E-state index contributed by atoms with van der Waals surface area (Å²) in [4.78, 5) is 5.09. The molecule has 0 bridgehead atoms. The Morgan fingerprint density at radius 1 is 0.500 bits per heavy atom. The Kier molecular flexibility index (Phi) is 20.0. The summed E-state index contributed by atoms with van der Waals surface area (Å²) in [5.74, 6) is 1.34. The number of hydrogen-bond acceptors (Lipinski definition) is 1. The first-order chi connectivity index (χ1) is 18.8. The van der Waals surface area contributed by atoms with Gasteiger partial charge in [-0.15, -0.1) is 0 Å². The molecule has 0 unspecified atom stereocenters. The zero-order valence-corrected chi connectivity index (χ0v) is 25.5. The van der Waals surface area contributed by atoms with Crippen molar-refractivity contribution in [2.75, 3.05) is 0 Å². The molecule has 2 heteroatoms. The minimum Gasteiger partial charge on any atom is -0.335 e. The summed E-state index contributed by atoms with van der Waals surface area (Å²) >= 11 is 0. The van der Waals surface area contributed by atoms with Crippen molar-refractivity contribution < 1.29 is 0 Å². The molecule has 0 aliphatic carbocycles. The number of rotatable bonds is 26. The highest BCUT2D eigenvalue weighted by Gasteiger charge is 2.08. The van der Waals surface area contributed by atoms with Gasteiger partial charge in [-0.2, -0.15) is 0 Å². The second-order valence-corrected chi connectivity index (χ2v) is 11.8. The van der Waals surface area contributed by atoms with Gasteiger partial charge in [0.15, 0.2) is 0 Å². The highest BCUT2D eigenvalue weighted by atomic mass is 15.1. The number of hydrogen-bond donors (Lipinski definition) is 0. The van der Waals surface area contributed by atoms with Crippen molar-refractivity contribution in [3.8, 4) is 0 Å². The van der Waals surface area contributed by atoms with Gasteiger partial charge in [-0.1, -0.05) is 160 Å². The predicted molar refractivity (Wildman–Crippen MR) is 168 cm³/mol. The molecule has 0 fully saturated rings. The van der Waals surface area contributed by atoms with Crippen LogP contribution in [0.15, 0.2) is 36.5 Å². The van der Waals surface area contributed by atoms with E-state index in [1.54, 1.807) is 0 Å². The van der Waals surface area contributed by atoms with E-state index >= 15 is 0 Å². The molecule has 0 radical (unpaired) electrons. The maximum absolute atomic E-state index is 5.09. The van der Waals surface area contributed by atoms with Crippen LogP contribution in [0.2, 0.25) is 0 Å². The van der Waals surface area contributed by atoms with E-state index in [9.17, 15) is 0 Å². The zero-order valence-electron chi connectivity index (χ0n) is 25.5. The van der Waals surface area contributed by atoms with Gasteiger partial charge in [-0.25, -0.2) is 4.98 Å². The van der Waals surface area contributed by atoms with Crippen LogP contribution in [0.3, 0.4) is 0 Å². The van der Waals surface area contributed by atoms with Crippen LogP contribution in [0.1, 0.15) is 166 Å². The van der Waals surface area contributed by atoms with Gasteiger partial charge in [-0.05, 0) is 37.7 Å². The monoisotopic (exact) mass is 522 g/mol. The van der Waals surface area contributed by atoms with Gasteiger partial charge in [0.05, 0.1) is 5.69 Å². The topological polar surface area (TPSA) is 17.8 Å². The molecule has 1 aromatic heterocycles. The molecule has 0 N–H and O–H groups in total. The zero-order chi connectivity index (χ0) is 26.9. The predicted octanol–water partition coefficient (Wildman–Crippen LogP) is 11.4. The van der Waals surface area contributed by atoms with Crippen LogP contribution in [-0.4, -0.2) is 9.55 Å². The van der Waals surface area contributed by atoms with Gasteiger partial charge in [0.25, 0.3) is 0 Å². The molecule has 0 saturated heterocycles. The van der Waals surface area contributed by atoms with E-state index < -0.39 is 0 Å². The third-order valence-corrected chi connectivity index (χ3v) is 8.16. The van der Waals surface area contributed by atoms with E-state index in [0.717, 1.165) is 25.8 Å². The molecule has 216 valence electrons. The van der Waals surface area contributed by atoms with Crippen molar-refractivity contribution in [3.63, 3.8) is 0 Å². The van der Waals surface area contributed by atoms with Gasteiger partial charge in [0, 0.05) is 19.2 Å². The quantitative estimate of drug-likeness (QED) is 0.112. The number of aromatic nitrogens is 2. The number of benzene rings is 1. The van der Waals surface area contributed by atoms with Gasteiger partial charge in [0.1, 0.15) is 5.82 Å².